The van der Waals surface area contributed by atoms with Crippen molar-refractivity contribution in [1.82, 2.24) is 9.97 Å². The molecule has 0 saturated carbocycles. The number of aromatic amines is 1. The summed E-state index contributed by atoms with van der Waals surface area (Å²) in [7, 11) is 0. The van der Waals surface area contributed by atoms with Crippen LogP contribution < -0.4 is 5.73 Å². The molecular weight excluding hydrogens is 312 g/mol. The van der Waals surface area contributed by atoms with Crippen molar-refractivity contribution >= 4 is 28.8 Å². The molecule has 1 aliphatic rings. The van der Waals surface area contributed by atoms with Gasteiger partial charge in [0.25, 0.3) is 5.91 Å². The minimum absolute atomic E-state index is 0.445. The lowest BCUT2D eigenvalue weighted by atomic mass is 9.91. The van der Waals surface area contributed by atoms with Crippen molar-refractivity contribution in [3.05, 3.63) is 47.3 Å². The second-order valence-corrected chi connectivity index (χ2v) is 6.60. The first-order valence-electron chi connectivity index (χ1n) is 8.52. The molecule has 5 heteroatoms. The summed E-state index contributed by atoms with van der Waals surface area (Å²) in [6, 6.07) is 8.34. The number of aryl methyl sites for hydroxylation is 1. The predicted molar refractivity (Wildman–Crippen MR) is 100 cm³/mol. The molecule has 0 aliphatic carbocycles. The Bertz CT molecular complexity index is 1020. The number of primary amides is 1. The van der Waals surface area contributed by atoms with Crippen LogP contribution in [-0.2, 0) is 6.42 Å². The molecule has 1 amide bonds. The molecule has 1 aromatic heterocycles. The molecule has 1 aliphatic heterocycles. The van der Waals surface area contributed by atoms with Crippen molar-refractivity contribution in [2.45, 2.75) is 26.7 Å². The van der Waals surface area contributed by atoms with E-state index in [-0.39, 0.29) is 0 Å². The minimum Gasteiger partial charge on any atom is -0.366 e. The average molecular weight is 332 g/mol. The van der Waals surface area contributed by atoms with E-state index in [0.717, 1.165) is 40.7 Å². The highest BCUT2D eigenvalue weighted by Crippen LogP contribution is 2.36. The van der Waals surface area contributed by atoms with Crippen molar-refractivity contribution < 1.29 is 4.79 Å². The zero-order valence-corrected chi connectivity index (χ0v) is 14.3. The number of benzene rings is 2. The summed E-state index contributed by atoms with van der Waals surface area (Å²) in [5.41, 5.74) is 12.6. The van der Waals surface area contributed by atoms with Crippen molar-refractivity contribution in [3.63, 3.8) is 0 Å². The summed E-state index contributed by atoms with van der Waals surface area (Å²) >= 11 is 0. The van der Waals surface area contributed by atoms with Gasteiger partial charge in [0.05, 0.1) is 28.6 Å². The van der Waals surface area contributed by atoms with Gasteiger partial charge in [0.2, 0.25) is 0 Å². The maximum atomic E-state index is 11.8. The molecule has 3 aromatic rings. The average Bonchev–Trinajstić information content (AvgIpc) is 3.08. The number of nitrogens with zero attached hydrogens (tertiary/aromatic N) is 2. The van der Waals surface area contributed by atoms with Crippen molar-refractivity contribution in [2.24, 2.45) is 16.6 Å². The maximum absolute atomic E-state index is 11.8. The van der Waals surface area contributed by atoms with Gasteiger partial charge in [-0.2, -0.15) is 0 Å². The quantitative estimate of drug-likeness (QED) is 0.762. The van der Waals surface area contributed by atoms with Gasteiger partial charge in [-0.05, 0) is 54.5 Å². The molecule has 2 aromatic carbocycles. The second-order valence-electron chi connectivity index (χ2n) is 6.60. The van der Waals surface area contributed by atoms with E-state index in [1.807, 2.05) is 13.0 Å². The molecule has 1 unspecified atom stereocenters. The Morgan fingerprint density at radius 3 is 2.96 bits per heavy atom. The molecule has 2 heterocycles. The molecule has 3 N–H and O–H groups in total. The largest absolute Gasteiger partial charge is 0.366 e. The van der Waals surface area contributed by atoms with Crippen LogP contribution in [0.1, 0.15) is 34.8 Å². The standard InChI is InChI=1S/C20H20N4O/c1-3-12-7-14-5-4-13(8-16(14)22-9-12)15-6-11(2)17(20(21)25)19-18(15)23-10-24-19/h4-6,8-10,12H,3,7H2,1-2H3,(H2,21,25)(H,23,24). The number of rotatable bonds is 3. The number of hydrogen-bond acceptors (Lipinski definition) is 3. The third-order valence-electron chi connectivity index (χ3n) is 4.97. The number of H-pyrrole nitrogens is 1. The Morgan fingerprint density at radius 2 is 2.20 bits per heavy atom. The molecule has 126 valence electrons. The lowest BCUT2D eigenvalue weighted by Crippen LogP contribution is -2.13. The van der Waals surface area contributed by atoms with Gasteiger partial charge >= 0.3 is 0 Å². The third-order valence-corrected chi connectivity index (χ3v) is 4.97. The monoisotopic (exact) mass is 332 g/mol. The van der Waals surface area contributed by atoms with E-state index in [1.165, 1.54) is 5.56 Å². The van der Waals surface area contributed by atoms with Crippen LogP contribution in [0.3, 0.4) is 0 Å². The first-order chi connectivity index (χ1) is 12.1. The van der Waals surface area contributed by atoms with Gasteiger partial charge in [-0.3, -0.25) is 9.79 Å². The number of aromatic nitrogens is 2. The van der Waals surface area contributed by atoms with Crippen LogP contribution in [0, 0.1) is 12.8 Å². The second kappa shape index (κ2) is 5.84. The summed E-state index contributed by atoms with van der Waals surface area (Å²) in [6.07, 6.45) is 5.79. The van der Waals surface area contributed by atoms with Gasteiger partial charge in [0.15, 0.2) is 0 Å². The van der Waals surface area contributed by atoms with Crippen LogP contribution >= 0.6 is 0 Å². The lowest BCUT2D eigenvalue weighted by molar-refractivity contribution is 0.100. The smallest absolute Gasteiger partial charge is 0.251 e. The third kappa shape index (κ3) is 2.52. The molecule has 4 rings (SSSR count). The van der Waals surface area contributed by atoms with E-state index in [0.29, 0.717) is 17.0 Å². The van der Waals surface area contributed by atoms with Crippen LogP contribution in [0.25, 0.3) is 22.2 Å². The molecule has 0 radical (unpaired) electrons. The Balaban J connectivity index is 1.88. The van der Waals surface area contributed by atoms with Crippen molar-refractivity contribution in [1.29, 1.82) is 0 Å². The number of nitrogens with one attached hydrogen (secondary N) is 1. The van der Waals surface area contributed by atoms with Gasteiger partial charge in [-0.1, -0.05) is 19.1 Å². The van der Waals surface area contributed by atoms with Gasteiger partial charge < -0.3 is 10.7 Å². The van der Waals surface area contributed by atoms with E-state index in [1.54, 1.807) is 6.33 Å². The predicted octanol–water partition coefficient (Wildman–Crippen LogP) is 3.92. The number of hydrogen-bond donors (Lipinski definition) is 2. The van der Waals surface area contributed by atoms with E-state index < -0.39 is 5.91 Å². The fraction of sp³-hybridized carbons (Fsp3) is 0.250. The number of nitrogens with two attached hydrogens (primary N) is 1. The molecule has 5 nitrogen and oxygen atoms in total. The number of imidazole rings is 1. The van der Waals surface area contributed by atoms with Crippen LogP contribution in [0.5, 0.6) is 0 Å². The summed E-state index contributed by atoms with van der Waals surface area (Å²) in [5, 5.41) is 0. The number of fused-ring (bicyclic) bond motifs is 2. The first kappa shape index (κ1) is 15.6. The van der Waals surface area contributed by atoms with E-state index in [9.17, 15) is 4.79 Å². The molecule has 0 fully saturated rings. The number of amides is 1. The van der Waals surface area contributed by atoms with Crippen molar-refractivity contribution in [3.8, 4) is 11.1 Å². The van der Waals surface area contributed by atoms with Crippen LogP contribution in [0.4, 0.5) is 5.69 Å². The Hall–Kier alpha value is -2.95. The topological polar surface area (TPSA) is 84.1 Å². The summed E-state index contributed by atoms with van der Waals surface area (Å²) in [5.74, 6) is 0.0763. The van der Waals surface area contributed by atoms with Crippen molar-refractivity contribution in [2.75, 3.05) is 0 Å². The molecule has 0 bridgehead atoms. The summed E-state index contributed by atoms with van der Waals surface area (Å²) in [6.45, 7) is 4.08. The molecule has 0 spiro atoms. The SMILES string of the molecule is CCC1C=Nc2cc(-c3cc(C)c(C(N)=O)c4[nH]cnc34)ccc2C1. The minimum atomic E-state index is -0.445. The molecule has 1 atom stereocenters. The Morgan fingerprint density at radius 1 is 1.36 bits per heavy atom. The zero-order valence-electron chi connectivity index (χ0n) is 14.3. The van der Waals surface area contributed by atoms with Crippen LogP contribution in [0.15, 0.2) is 35.6 Å². The zero-order chi connectivity index (χ0) is 17.6. The highest BCUT2D eigenvalue weighted by molar-refractivity contribution is 6.09. The van der Waals surface area contributed by atoms with Gasteiger partial charge in [0.1, 0.15) is 0 Å². The molecular formula is C20H20N4O. The number of aliphatic imine (C=N–C) groups is 1. The fourth-order valence-corrected chi connectivity index (χ4v) is 3.58. The maximum Gasteiger partial charge on any atom is 0.251 e. The molecule has 25 heavy (non-hydrogen) atoms. The highest BCUT2D eigenvalue weighted by Gasteiger charge is 2.19. The van der Waals surface area contributed by atoms with Gasteiger partial charge in [0, 0.05) is 11.8 Å². The summed E-state index contributed by atoms with van der Waals surface area (Å²) < 4.78 is 0. The number of carbonyl (C=O) groups is 1. The lowest BCUT2D eigenvalue weighted by Gasteiger charge is -2.18. The van der Waals surface area contributed by atoms with Crippen LogP contribution in [0.2, 0.25) is 0 Å². The molecule has 0 saturated heterocycles. The van der Waals surface area contributed by atoms with Gasteiger partial charge in [-0.15, -0.1) is 0 Å². The van der Waals surface area contributed by atoms with E-state index >= 15 is 0 Å². The number of carbonyl (C=O) groups excluding carboxylic acids is 1. The summed E-state index contributed by atoms with van der Waals surface area (Å²) in [4.78, 5) is 23.9. The van der Waals surface area contributed by atoms with E-state index in [4.69, 9.17) is 5.73 Å². The Kier molecular flexibility index (Phi) is 3.64. The van der Waals surface area contributed by atoms with Crippen LogP contribution in [-0.4, -0.2) is 22.1 Å². The van der Waals surface area contributed by atoms with E-state index in [2.05, 4.69) is 46.3 Å². The Labute approximate surface area is 146 Å². The van der Waals surface area contributed by atoms with Gasteiger partial charge in [-0.25, -0.2) is 4.98 Å². The fourth-order valence-electron chi connectivity index (χ4n) is 3.58. The normalized spacial score (nSPS) is 16.2. The highest BCUT2D eigenvalue weighted by atomic mass is 16.1. The first-order valence-corrected chi connectivity index (χ1v) is 8.52.